The normalized spacial score (nSPS) is 17.7. The van der Waals surface area contributed by atoms with E-state index in [0.717, 1.165) is 31.8 Å². The van der Waals surface area contributed by atoms with E-state index in [2.05, 4.69) is 16.8 Å². The summed E-state index contributed by atoms with van der Waals surface area (Å²) in [6, 6.07) is 1.59. The lowest BCUT2D eigenvalue weighted by molar-refractivity contribution is 0.0999. The third kappa shape index (κ3) is 3.49. The van der Waals surface area contributed by atoms with Crippen LogP contribution in [-0.2, 0) is 6.54 Å². The van der Waals surface area contributed by atoms with Crippen LogP contribution in [0.25, 0.3) is 0 Å². The number of hydrogen-bond acceptors (Lipinski definition) is 3. The number of amides is 1. The molecule has 1 aromatic rings. The molecule has 0 bridgehead atoms. The molecule has 0 spiro atoms. The van der Waals surface area contributed by atoms with Gasteiger partial charge in [0.05, 0.1) is 5.56 Å². The van der Waals surface area contributed by atoms with Crippen molar-refractivity contribution in [2.45, 2.75) is 26.3 Å². The molecule has 0 aromatic carbocycles. The monoisotopic (exact) mass is 264 g/mol. The number of guanidine groups is 1. The maximum Gasteiger partial charge on any atom is 0.251 e. The summed E-state index contributed by atoms with van der Waals surface area (Å²) >= 11 is 0. The predicted molar refractivity (Wildman–Crippen MR) is 72.5 cm³/mol. The SMILES string of the molecule is CC1CCN(C(N)=NCc2cc(C(N)=O)co2)CC1. The average molecular weight is 264 g/mol. The number of rotatable bonds is 3. The molecule has 104 valence electrons. The van der Waals surface area contributed by atoms with E-state index in [1.807, 2.05) is 0 Å². The van der Waals surface area contributed by atoms with Crippen LogP contribution in [0.4, 0.5) is 0 Å². The first kappa shape index (κ1) is 13.5. The molecule has 0 atom stereocenters. The molecule has 2 heterocycles. The van der Waals surface area contributed by atoms with Crippen molar-refractivity contribution in [2.75, 3.05) is 13.1 Å². The van der Waals surface area contributed by atoms with Gasteiger partial charge in [0.25, 0.3) is 5.91 Å². The highest BCUT2D eigenvalue weighted by atomic mass is 16.3. The Kier molecular flexibility index (Phi) is 4.09. The summed E-state index contributed by atoms with van der Waals surface area (Å²) in [5.41, 5.74) is 11.5. The molecule has 1 amide bonds. The van der Waals surface area contributed by atoms with Crippen molar-refractivity contribution in [3.63, 3.8) is 0 Å². The molecular weight excluding hydrogens is 244 g/mol. The van der Waals surface area contributed by atoms with Gasteiger partial charge in [-0.1, -0.05) is 6.92 Å². The number of furan rings is 1. The van der Waals surface area contributed by atoms with Gasteiger partial charge in [-0.15, -0.1) is 0 Å². The number of piperidine rings is 1. The zero-order chi connectivity index (χ0) is 13.8. The van der Waals surface area contributed by atoms with Gasteiger partial charge >= 0.3 is 0 Å². The number of nitrogens with zero attached hydrogens (tertiary/aromatic N) is 2. The van der Waals surface area contributed by atoms with Crippen molar-refractivity contribution in [3.05, 3.63) is 23.7 Å². The molecule has 0 aliphatic carbocycles. The first-order valence-electron chi connectivity index (χ1n) is 6.48. The van der Waals surface area contributed by atoms with Crippen molar-refractivity contribution < 1.29 is 9.21 Å². The third-order valence-electron chi connectivity index (χ3n) is 3.44. The minimum atomic E-state index is -0.503. The van der Waals surface area contributed by atoms with Crippen LogP contribution in [-0.4, -0.2) is 29.9 Å². The summed E-state index contributed by atoms with van der Waals surface area (Å²) in [6.07, 6.45) is 3.62. The highest BCUT2D eigenvalue weighted by molar-refractivity contribution is 5.92. The molecular formula is C13H20N4O2. The van der Waals surface area contributed by atoms with Crippen LogP contribution >= 0.6 is 0 Å². The second-order valence-electron chi connectivity index (χ2n) is 5.01. The van der Waals surface area contributed by atoms with Crippen LogP contribution in [0.5, 0.6) is 0 Å². The third-order valence-corrected chi connectivity index (χ3v) is 3.44. The highest BCUT2D eigenvalue weighted by Crippen LogP contribution is 2.16. The molecule has 1 aliphatic rings. The quantitative estimate of drug-likeness (QED) is 0.626. The Bertz CT molecular complexity index is 473. The number of hydrogen-bond donors (Lipinski definition) is 2. The van der Waals surface area contributed by atoms with Gasteiger partial charge in [0.2, 0.25) is 0 Å². The molecule has 0 unspecified atom stereocenters. The zero-order valence-corrected chi connectivity index (χ0v) is 11.1. The lowest BCUT2D eigenvalue weighted by Crippen LogP contribution is -2.42. The van der Waals surface area contributed by atoms with E-state index >= 15 is 0 Å². The fourth-order valence-electron chi connectivity index (χ4n) is 2.09. The van der Waals surface area contributed by atoms with Crippen molar-refractivity contribution in [1.82, 2.24) is 4.90 Å². The molecule has 1 saturated heterocycles. The van der Waals surface area contributed by atoms with Crippen LogP contribution in [0.2, 0.25) is 0 Å². The second kappa shape index (κ2) is 5.77. The summed E-state index contributed by atoms with van der Waals surface area (Å²) in [6.45, 7) is 4.46. The van der Waals surface area contributed by atoms with Crippen molar-refractivity contribution in [2.24, 2.45) is 22.4 Å². The summed E-state index contributed by atoms with van der Waals surface area (Å²) in [7, 11) is 0. The maximum absolute atomic E-state index is 10.9. The topological polar surface area (TPSA) is 97.9 Å². The maximum atomic E-state index is 10.9. The van der Waals surface area contributed by atoms with Crippen molar-refractivity contribution >= 4 is 11.9 Å². The van der Waals surface area contributed by atoms with E-state index in [4.69, 9.17) is 15.9 Å². The van der Waals surface area contributed by atoms with Gasteiger partial charge in [-0.05, 0) is 24.8 Å². The molecule has 1 aromatic heterocycles. The van der Waals surface area contributed by atoms with Crippen LogP contribution < -0.4 is 11.5 Å². The van der Waals surface area contributed by atoms with Gasteiger partial charge in [0.15, 0.2) is 5.96 Å². The minimum Gasteiger partial charge on any atom is -0.467 e. The fraction of sp³-hybridized carbons (Fsp3) is 0.538. The molecule has 0 radical (unpaired) electrons. The zero-order valence-electron chi connectivity index (χ0n) is 11.1. The summed E-state index contributed by atoms with van der Waals surface area (Å²) < 4.78 is 5.20. The van der Waals surface area contributed by atoms with Gasteiger partial charge in [0, 0.05) is 13.1 Å². The molecule has 4 N–H and O–H groups in total. The number of aliphatic imine (C=N–C) groups is 1. The Morgan fingerprint density at radius 2 is 2.16 bits per heavy atom. The number of nitrogens with two attached hydrogens (primary N) is 2. The largest absolute Gasteiger partial charge is 0.467 e. The van der Waals surface area contributed by atoms with E-state index in [0.29, 0.717) is 23.8 Å². The van der Waals surface area contributed by atoms with Gasteiger partial charge < -0.3 is 20.8 Å². The van der Waals surface area contributed by atoms with Gasteiger partial charge in [-0.2, -0.15) is 0 Å². The van der Waals surface area contributed by atoms with Crippen LogP contribution in [0, 0.1) is 5.92 Å². The summed E-state index contributed by atoms with van der Waals surface area (Å²) in [5, 5.41) is 0. The number of carbonyl (C=O) groups excluding carboxylic acids is 1. The minimum absolute atomic E-state index is 0.325. The summed E-state index contributed by atoms with van der Waals surface area (Å²) in [4.78, 5) is 17.3. The van der Waals surface area contributed by atoms with E-state index in [9.17, 15) is 4.79 Å². The number of primary amides is 1. The Balaban J connectivity index is 1.91. The van der Waals surface area contributed by atoms with Crippen LogP contribution in [0.15, 0.2) is 21.7 Å². The van der Waals surface area contributed by atoms with Crippen molar-refractivity contribution in [1.29, 1.82) is 0 Å². The smallest absolute Gasteiger partial charge is 0.251 e. The fourth-order valence-corrected chi connectivity index (χ4v) is 2.09. The van der Waals surface area contributed by atoms with Gasteiger partial charge in [-0.3, -0.25) is 4.79 Å². The molecule has 6 nitrogen and oxygen atoms in total. The Morgan fingerprint density at radius 3 is 2.74 bits per heavy atom. The Hall–Kier alpha value is -1.98. The molecule has 1 aliphatic heterocycles. The highest BCUT2D eigenvalue weighted by Gasteiger charge is 2.17. The lowest BCUT2D eigenvalue weighted by atomic mass is 10.00. The van der Waals surface area contributed by atoms with E-state index in [1.54, 1.807) is 6.07 Å². The van der Waals surface area contributed by atoms with E-state index in [-0.39, 0.29) is 0 Å². The second-order valence-corrected chi connectivity index (χ2v) is 5.01. The number of likely N-dealkylation sites (tertiary alicyclic amines) is 1. The molecule has 19 heavy (non-hydrogen) atoms. The standard InChI is InChI=1S/C13H20N4O2/c1-9-2-4-17(5-3-9)13(15)16-7-11-6-10(8-19-11)12(14)18/h6,8-9H,2-5,7H2,1H3,(H2,14,18)(H2,15,16). The first-order chi connectivity index (χ1) is 9.06. The predicted octanol–water partition coefficient (Wildman–Crippen LogP) is 0.925. The summed E-state index contributed by atoms with van der Waals surface area (Å²) in [5.74, 6) is 1.37. The van der Waals surface area contributed by atoms with Crippen LogP contribution in [0.1, 0.15) is 35.9 Å². The van der Waals surface area contributed by atoms with Gasteiger partial charge in [0.1, 0.15) is 18.6 Å². The average Bonchev–Trinajstić information content (AvgIpc) is 2.86. The molecule has 6 heteroatoms. The molecule has 2 rings (SSSR count). The van der Waals surface area contributed by atoms with Crippen LogP contribution in [0.3, 0.4) is 0 Å². The van der Waals surface area contributed by atoms with Crippen molar-refractivity contribution in [3.8, 4) is 0 Å². The Labute approximate surface area is 112 Å². The number of carbonyl (C=O) groups is 1. The first-order valence-corrected chi connectivity index (χ1v) is 6.48. The molecule has 0 saturated carbocycles. The van der Waals surface area contributed by atoms with E-state index in [1.165, 1.54) is 6.26 Å². The van der Waals surface area contributed by atoms with Gasteiger partial charge in [-0.25, -0.2) is 4.99 Å². The van der Waals surface area contributed by atoms with E-state index < -0.39 is 5.91 Å². The Morgan fingerprint density at radius 1 is 1.47 bits per heavy atom. The lowest BCUT2D eigenvalue weighted by Gasteiger charge is -2.30. The molecule has 1 fully saturated rings.